The molecule has 0 heterocycles. The Labute approximate surface area is 132 Å². The normalized spacial score (nSPS) is 12.0. The molecule has 0 unspecified atom stereocenters. The molecule has 0 aliphatic rings. The van der Waals surface area contributed by atoms with E-state index in [9.17, 15) is 18.0 Å². The molecule has 21 heavy (non-hydrogen) atoms. The fraction of sp³-hybridized carbons (Fsp3) is 0.286. The van der Waals surface area contributed by atoms with Gasteiger partial charge in [0.2, 0.25) is 0 Å². The topological polar surface area (TPSA) is 77.5 Å². The Balaban J connectivity index is 2.90. The quantitative estimate of drug-likeness (QED) is 0.564. The van der Waals surface area contributed by atoms with Crippen LogP contribution in [0, 0.1) is 0 Å². The minimum Gasteiger partial charge on any atom is -0.460 e. The zero-order chi connectivity index (χ0) is 16.0. The lowest BCUT2D eigenvalue weighted by atomic mass is 10.2. The maximum atomic E-state index is 11.7. The van der Waals surface area contributed by atoms with E-state index >= 15 is 0 Å². The van der Waals surface area contributed by atoms with Gasteiger partial charge in [-0.15, -0.1) is 0 Å². The second kappa shape index (κ2) is 7.51. The lowest BCUT2D eigenvalue weighted by molar-refractivity contribution is -0.144. The first-order valence-electron chi connectivity index (χ1n) is 6.00. The van der Waals surface area contributed by atoms with Crippen molar-refractivity contribution in [2.75, 3.05) is 12.9 Å². The highest BCUT2D eigenvalue weighted by Crippen LogP contribution is 2.16. The highest BCUT2D eigenvalue weighted by Gasteiger charge is 2.15. The van der Waals surface area contributed by atoms with Gasteiger partial charge in [-0.3, -0.25) is 9.59 Å². The van der Waals surface area contributed by atoms with Crippen LogP contribution in [0.1, 0.15) is 18.9 Å². The average molecular weight is 375 g/mol. The summed E-state index contributed by atoms with van der Waals surface area (Å²) in [5, 5.41) is 0. The van der Waals surface area contributed by atoms with Gasteiger partial charge < -0.3 is 4.74 Å². The van der Waals surface area contributed by atoms with E-state index in [-0.39, 0.29) is 23.7 Å². The zero-order valence-corrected chi connectivity index (χ0v) is 14.0. The summed E-state index contributed by atoms with van der Waals surface area (Å²) in [4.78, 5) is 22.1. The molecule has 7 heteroatoms. The van der Waals surface area contributed by atoms with Crippen molar-refractivity contribution in [2.45, 2.75) is 13.3 Å². The summed E-state index contributed by atoms with van der Waals surface area (Å²) in [6, 6.07) is 7.00. The molecule has 1 rings (SSSR count). The molecule has 1 aromatic carbocycles. The molecule has 0 saturated carbocycles. The van der Waals surface area contributed by atoms with Crippen LogP contribution >= 0.6 is 15.9 Å². The molecule has 0 aromatic heterocycles. The third-order valence-corrected chi connectivity index (χ3v) is 4.16. The largest absolute Gasteiger partial charge is 0.460 e. The van der Waals surface area contributed by atoms with Gasteiger partial charge in [0.1, 0.15) is 18.8 Å². The number of halogens is 1. The van der Waals surface area contributed by atoms with Gasteiger partial charge in [-0.2, -0.15) is 0 Å². The number of Topliss-reactive ketones (excluding diaryl/α,β-unsaturated/α-hetero) is 1. The predicted octanol–water partition coefficient (Wildman–Crippen LogP) is 2.36. The Hall–Kier alpha value is -1.47. The minimum atomic E-state index is -3.51. The Morgan fingerprint density at radius 2 is 1.81 bits per heavy atom. The molecule has 0 N–H and O–H groups in total. The van der Waals surface area contributed by atoms with Crippen molar-refractivity contribution in [2.24, 2.45) is 0 Å². The summed E-state index contributed by atoms with van der Waals surface area (Å²) < 4.78 is 29.1. The standard InChI is InChI=1S/C14H15BrO5S/c1-10(16)7-14(17)20-9-13(21(2,18)19)8-11-3-5-12(15)6-4-11/h3-6,8H,7,9H2,1-2H3/b13-8+. The monoisotopic (exact) mass is 374 g/mol. The van der Waals surface area contributed by atoms with E-state index in [4.69, 9.17) is 4.74 Å². The van der Waals surface area contributed by atoms with Crippen molar-refractivity contribution < 1.29 is 22.7 Å². The van der Waals surface area contributed by atoms with Crippen LogP contribution < -0.4 is 0 Å². The number of hydrogen-bond acceptors (Lipinski definition) is 5. The Kier molecular flexibility index (Phi) is 6.29. The van der Waals surface area contributed by atoms with Crippen LogP contribution in [0.5, 0.6) is 0 Å². The van der Waals surface area contributed by atoms with Crippen LogP contribution in [0.4, 0.5) is 0 Å². The van der Waals surface area contributed by atoms with Crippen molar-refractivity contribution in [3.63, 3.8) is 0 Å². The van der Waals surface area contributed by atoms with Gasteiger partial charge in [-0.1, -0.05) is 28.1 Å². The van der Waals surface area contributed by atoms with E-state index < -0.39 is 15.8 Å². The van der Waals surface area contributed by atoms with Crippen molar-refractivity contribution in [1.82, 2.24) is 0 Å². The molecular formula is C14H15BrO5S. The lowest BCUT2D eigenvalue weighted by Gasteiger charge is -2.07. The maximum absolute atomic E-state index is 11.7. The molecule has 114 valence electrons. The highest BCUT2D eigenvalue weighted by molar-refractivity contribution is 9.10. The number of ether oxygens (including phenoxy) is 1. The lowest BCUT2D eigenvalue weighted by Crippen LogP contribution is -2.14. The van der Waals surface area contributed by atoms with Crippen LogP contribution in [0.3, 0.4) is 0 Å². The molecule has 0 aliphatic heterocycles. The van der Waals surface area contributed by atoms with Crippen molar-refractivity contribution in [1.29, 1.82) is 0 Å². The molecule has 0 fully saturated rings. The summed E-state index contributed by atoms with van der Waals surface area (Å²) in [5.41, 5.74) is 0.668. The zero-order valence-electron chi connectivity index (χ0n) is 11.6. The second-order valence-electron chi connectivity index (χ2n) is 4.47. The first-order chi connectivity index (χ1) is 9.68. The number of benzene rings is 1. The van der Waals surface area contributed by atoms with Gasteiger partial charge in [0, 0.05) is 10.7 Å². The molecule has 0 spiro atoms. The smallest absolute Gasteiger partial charge is 0.313 e. The Morgan fingerprint density at radius 1 is 1.24 bits per heavy atom. The Bertz CT molecular complexity index is 659. The van der Waals surface area contributed by atoms with Gasteiger partial charge in [0.25, 0.3) is 0 Å². The van der Waals surface area contributed by atoms with Crippen molar-refractivity contribution in [3.05, 3.63) is 39.2 Å². The highest BCUT2D eigenvalue weighted by atomic mass is 79.9. The number of sulfone groups is 1. The number of esters is 1. The van der Waals surface area contributed by atoms with Gasteiger partial charge in [-0.05, 0) is 30.7 Å². The molecule has 0 bridgehead atoms. The summed E-state index contributed by atoms with van der Waals surface area (Å²) in [7, 11) is -3.51. The number of hydrogen-bond donors (Lipinski definition) is 0. The van der Waals surface area contributed by atoms with Crippen LogP contribution in [0.2, 0.25) is 0 Å². The summed E-state index contributed by atoms with van der Waals surface area (Å²) in [5.74, 6) is -1.08. The molecule has 0 atom stereocenters. The Morgan fingerprint density at radius 3 is 2.29 bits per heavy atom. The molecule has 0 radical (unpaired) electrons. The number of rotatable bonds is 6. The first-order valence-corrected chi connectivity index (χ1v) is 8.68. The predicted molar refractivity (Wildman–Crippen MR) is 83.2 cm³/mol. The molecular weight excluding hydrogens is 360 g/mol. The van der Waals surface area contributed by atoms with E-state index in [0.717, 1.165) is 10.7 Å². The van der Waals surface area contributed by atoms with Crippen molar-refractivity contribution >= 4 is 43.6 Å². The van der Waals surface area contributed by atoms with Crippen LogP contribution in [0.15, 0.2) is 33.6 Å². The van der Waals surface area contributed by atoms with Crippen LogP contribution in [-0.2, 0) is 24.2 Å². The average Bonchev–Trinajstić information content (AvgIpc) is 2.34. The number of carbonyl (C=O) groups excluding carboxylic acids is 2. The van der Waals surface area contributed by atoms with E-state index in [0.29, 0.717) is 5.56 Å². The van der Waals surface area contributed by atoms with Crippen LogP contribution in [0.25, 0.3) is 6.08 Å². The van der Waals surface area contributed by atoms with E-state index in [1.807, 2.05) is 0 Å². The van der Waals surface area contributed by atoms with E-state index in [2.05, 4.69) is 15.9 Å². The third kappa shape index (κ3) is 6.68. The number of ketones is 1. The second-order valence-corrected chi connectivity index (χ2v) is 7.46. The van der Waals surface area contributed by atoms with E-state index in [1.54, 1.807) is 24.3 Å². The minimum absolute atomic E-state index is 0.0262. The first kappa shape index (κ1) is 17.6. The summed E-state index contributed by atoms with van der Waals surface area (Å²) >= 11 is 3.28. The van der Waals surface area contributed by atoms with Gasteiger partial charge in [0.15, 0.2) is 9.84 Å². The molecule has 1 aromatic rings. The molecule has 0 aliphatic carbocycles. The maximum Gasteiger partial charge on any atom is 0.313 e. The van der Waals surface area contributed by atoms with Gasteiger partial charge in [0.05, 0.1) is 4.91 Å². The summed E-state index contributed by atoms with van der Waals surface area (Å²) in [6.07, 6.45) is 2.11. The van der Waals surface area contributed by atoms with Gasteiger partial charge >= 0.3 is 5.97 Å². The fourth-order valence-electron chi connectivity index (χ4n) is 1.41. The molecule has 5 nitrogen and oxygen atoms in total. The van der Waals surface area contributed by atoms with Crippen molar-refractivity contribution in [3.8, 4) is 0 Å². The fourth-order valence-corrected chi connectivity index (χ4v) is 2.29. The molecule has 0 saturated heterocycles. The summed E-state index contributed by atoms with van der Waals surface area (Å²) in [6.45, 7) is 0.872. The van der Waals surface area contributed by atoms with Crippen LogP contribution in [-0.4, -0.2) is 33.0 Å². The SMILES string of the molecule is CC(=O)CC(=O)OC/C(=C\c1ccc(Br)cc1)S(C)(=O)=O. The third-order valence-electron chi connectivity index (χ3n) is 2.44. The van der Waals surface area contributed by atoms with E-state index in [1.165, 1.54) is 13.0 Å². The molecule has 0 amide bonds. The number of carbonyl (C=O) groups is 2. The van der Waals surface area contributed by atoms with Gasteiger partial charge in [-0.25, -0.2) is 8.42 Å².